The van der Waals surface area contributed by atoms with Gasteiger partial charge in [0, 0.05) is 60.9 Å². The van der Waals surface area contributed by atoms with E-state index in [4.69, 9.17) is 32.7 Å². The normalized spacial score (nSPS) is 16.1. The number of carbonyl (C=O) groups excluding carboxylic acids is 4. The monoisotopic (exact) mass is 876 g/mol. The fraction of sp³-hybridized carbons (Fsp3) is 0.308. The van der Waals surface area contributed by atoms with E-state index in [2.05, 4.69) is 20.4 Å². The number of alkyl halides is 2. The number of halogens is 4. The number of esters is 1. The van der Waals surface area contributed by atoms with E-state index >= 15 is 0 Å². The van der Waals surface area contributed by atoms with Gasteiger partial charge in [0.05, 0.1) is 21.5 Å². The molecular formula is C39H36Cl2F2N4O9S2. The van der Waals surface area contributed by atoms with Crippen molar-refractivity contribution in [1.82, 2.24) is 19.9 Å². The molecule has 1 aliphatic carbocycles. The molecule has 1 aromatic heterocycles. The number of aldehydes is 1. The van der Waals surface area contributed by atoms with Crippen molar-refractivity contribution >= 4 is 69.1 Å². The van der Waals surface area contributed by atoms with Gasteiger partial charge >= 0.3 is 12.6 Å². The Hall–Kier alpha value is -4.81. The molecular weight excluding hydrogens is 841 g/mol. The molecule has 58 heavy (non-hydrogen) atoms. The average molecular weight is 878 g/mol. The molecule has 1 unspecified atom stereocenters. The number of nitrogens with one attached hydrogen (secondary N) is 2. The van der Waals surface area contributed by atoms with Gasteiger partial charge in [-0.15, -0.1) is 11.8 Å². The molecule has 1 aliphatic heterocycles. The summed E-state index contributed by atoms with van der Waals surface area (Å²) >= 11 is 13.9. The van der Waals surface area contributed by atoms with Crippen LogP contribution in [0.3, 0.4) is 0 Å². The van der Waals surface area contributed by atoms with Crippen LogP contribution in [0.15, 0.2) is 84.0 Å². The molecule has 19 heteroatoms. The number of aromatic nitrogens is 1. The number of thioether (sulfide) groups is 1. The SMILES string of the molecule is O=Cc1cccc(C(=O)NCCNC(=O)c2cccc(S(=O)(=O)N3CCS[C@H]3C(=O)OC(Cc3c(Cl)cncc3Cl)c3ccc(OC(F)F)c(OCC4CC4)c3)c2)c1. The van der Waals surface area contributed by atoms with Gasteiger partial charge < -0.3 is 24.8 Å². The molecule has 2 amide bonds. The number of amides is 2. The molecule has 2 aliphatic rings. The van der Waals surface area contributed by atoms with E-state index in [1.165, 1.54) is 60.9 Å². The van der Waals surface area contributed by atoms with E-state index in [1.54, 1.807) is 18.2 Å². The largest absolute Gasteiger partial charge is 0.489 e. The maximum absolute atomic E-state index is 14.0. The topological polar surface area (TPSA) is 170 Å². The Kier molecular flexibility index (Phi) is 14.2. The first-order chi connectivity index (χ1) is 27.8. The quantitative estimate of drug-likeness (QED) is 0.0650. The molecule has 4 aromatic rings. The van der Waals surface area contributed by atoms with Crippen molar-refractivity contribution in [3.8, 4) is 11.5 Å². The summed E-state index contributed by atoms with van der Waals surface area (Å²) in [6, 6.07) is 15.5. The fourth-order valence-electron chi connectivity index (χ4n) is 5.90. The number of carbonyl (C=O) groups is 4. The highest BCUT2D eigenvalue weighted by molar-refractivity contribution is 8.02. The first-order valence-electron chi connectivity index (χ1n) is 17.9. The van der Waals surface area contributed by atoms with E-state index in [9.17, 15) is 36.4 Å². The second-order valence-electron chi connectivity index (χ2n) is 13.2. The lowest BCUT2D eigenvalue weighted by Gasteiger charge is -2.26. The number of nitrogens with zero attached hydrogens (tertiary/aromatic N) is 2. The predicted octanol–water partition coefficient (Wildman–Crippen LogP) is 6.34. The molecule has 13 nitrogen and oxygen atoms in total. The molecule has 1 saturated heterocycles. The third-order valence-corrected chi connectivity index (χ3v) is 12.9. The Bertz CT molecular complexity index is 2260. The van der Waals surface area contributed by atoms with Crippen molar-refractivity contribution < 1.29 is 50.6 Å². The molecule has 2 atom stereocenters. The molecule has 306 valence electrons. The van der Waals surface area contributed by atoms with Crippen LogP contribution in [0.2, 0.25) is 10.0 Å². The summed E-state index contributed by atoms with van der Waals surface area (Å²) in [5.74, 6) is -1.66. The highest BCUT2D eigenvalue weighted by Crippen LogP contribution is 2.39. The van der Waals surface area contributed by atoms with Crippen molar-refractivity contribution in [2.75, 3.05) is 32.0 Å². The summed E-state index contributed by atoms with van der Waals surface area (Å²) in [4.78, 5) is 54.2. The first kappa shape index (κ1) is 42.8. The zero-order valence-electron chi connectivity index (χ0n) is 30.4. The Labute approximate surface area is 346 Å². The van der Waals surface area contributed by atoms with Gasteiger partial charge in [-0.1, -0.05) is 47.5 Å². The molecule has 2 fully saturated rings. The predicted molar refractivity (Wildman–Crippen MR) is 211 cm³/mol. The molecule has 6 rings (SSSR count). The van der Waals surface area contributed by atoms with Gasteiger partial charge in [-0.2, -0.15) is 13.1 Å². The summed E-state index contributed by atoms with van der Waals surface area (Å²) < 4.78 is 72.2. The van der Waals surface area contributed by atoms with Crippen LogP contribution in [-0.2, 0) is 26.0 Å². The van der Waals surface area contributed by atoms with Crippen molar-refractivity contribution in [2.45, 2.75) is 42.2 Å². The van der Waals surface area contributed by atoms with Gasteiger partial charge in [-0.05, 0) is 72.4 Å². The lowest BCUT2D eigenvalue weighted by atomic mass is 10.0. The lowest BCUT2D eigenvalue weighted by molar-refractivity contribution is -0.150. The Balaban J connectivity index is 1.17. The third kappa shape index (κ3) is 10.8. The maximum atomic E-state index is 14.0. The van der Waals surface area contributed by atoms with E-state index in [0.717, 1.165) is 28.9 Å². The fourth-order valence-corrected chi connectivity index (χ4v) is 9.51. The Morgan fingerprint density at radius 3 is 2.26 bits per heavy atom. The molecule has 0 bridgehead atoms. The van der Waals surface area contributed by atoms with Crippen LogP contribution in [0.5, 0.6) is 11.5 Å². The standard InChI is InChI=1S/C39H36Cl2F2N4O9S2/c40-30-19-44-20-31(41)29(30)18-33(25-9-10-32(56-39(42)43)34(17-25)54-22-23-7-8-23)55-38(51)37-47(13-14-57-37)58(52,53)28-6-2-5-27(16-28)36(50)46-12-11-45-35(49)26-4-1-3-24(15-26)21-48/h1-6,9-10,15-17,19-21,23,33,37,39H,7-8,11-14,18,22H2,(H,45,49)(H,46,50)/t33?,37-/m0/s1. The summed E-state index contributed by atoms with van der Waals surface area (Å²) in [6.45, 7) is -2.85. The number of hydrogen-bond donors (Lipinski definition) is 2. The first-order valence-corrected chi connectivity index (χ1v) is 21.1. The van der Waals surface area contributed by atoms with Crippen LogP contribution in [0.4, 0.5) is 8.78 Å². The number of ether oxygens (including phenoxy) is 3. The molecule has 2 N–H and O–H groups in total. The van der Waals surface area contributed by atoms with Crippen LogP contribution in [0, 0.1) is 5.92 Å². The maximum Gasteiger partial charge on any atom is 0.387 e. The molecule has 2 heterocycles. The minimum Gasteiger partial charge on any atom is -0.489 e. The van der Waals surface area contributed by atoms with Crippen molar-refractivity contribution in [2.24, 2.45) is 5.92 Å². The average Bonchev–Trinajstić information content (AvgIpc) is 3.91. The van der Waals surface area contributed by atoms with Crippen molar-refractivity contribution in [1.29, 1.82) is 0 Å². The van der Waals surface area contributed by atoms with Crippen LogP contribution in [-0.4, -0.2) is 85.8 Å². The summed E-state index contributed by atoms with van der Waals surface area (Å²) in [5, 5.41) is 4.27. The van der Waals surface area contributed by atoms with Gasteiger partial charge in [-0.3, -0.25) is 19.4 Å². The lowest BCUT2D eigenvalue weighted by Crippen LogP contribution is -2.41. The number of pyridine rings is 1. The van der Waals surface area contributed by atoms with E-state index in [1.807, 2.05) is 0 Å². The molecule has 1 saturated carbocycles. The number of sulfonamides is 1. The summed E-state index contributed by atoms with van der Waals surface area (Å²) in [6.07, 6.45) is 3.95. The van der Waals surface area contributed by atoms with Crippen molar-refractivity contribution in [3.63, 3.8) is 0 Å². The highest BCUT2D eigenvalue weighted by atomic mass is 35.5. The molecule has 3 aromatic carbocycles. The zero-order chi connectivity index (χ0) is 41.4. The van der Waals surface area contributed by atoms with E-state index < -0.39 is 45.9 Å². The number of hydrogen-bond acceptors (Lipinski definition) is 11. The minimum absolute atomic E-state index is 0.00663. The van der Waals surface area contributed by atoms with Crippen molar-refractivity contribution in [3.05, 3.63) is 117 Å². The van der Waals surface area contributed by atoms with Gasteiger partial charge in [0.2, 0.25) is 10.0 Å². The summed E-state index contributed by atoms with van der Waals surface area (Å²) in [7, 11) is -4.38. The third-order valence-electron chi connectivity index (χ3n) is 9.06. The molecule has 0 spiro atoms. The Morgan fingerprint density at radius 2 is 1.60 bits per heavy atom. The van der Waals surface area contributed by atoms with Crippen LogP contribution in [0.1, 0.15) is 61.1 Å². The summed E-state index contributed by atoms with van der Waals surface area (Å²) in [5.41, 5.74) is 1.31. The number of rotatable bonds is 18. The van der Waals surface area contributed by atoms with Crippen LogP contribution in [0.25, 0.3) is 0 Å². The molecule has 0 radical (unpaired) electrons. The van der Waals surface area contributed by atoms with Crippen LogP contribution >= 0.6 is 35.0 Å². The smallest absolute Gasteiger partial charge is 0.387 e. The van der Waals surface area contributed by atoms with E-state index in [0.29, 0.717) is 23.0 Å². The number of benzene rings is 3. The zero-order valence-corrected chi connectivity index (χ0v) is 33.6. The van der Waals surface area contributed by atoms with E-state index in [-0.39, 0.29) is 81.9 Å². The van der Waals surface area contributed by atoms with Crippen LogP contribution < -0.4 is 20.1 Å². The minimum atomic E-state index is -4.38. The Morgan fingerprint density at radius 1 is 0.931 bits per heavy atom. The van der Waals surface area contributed by atoms with Gasteiger partial charge in [0.25, 0.3) is 11.8 Å². The van der Waals surface area contributed by atoms with Gasteiger partial charge in [0.15, 0.2) is 16.9 Å². The van der Waals surface area contributed by atoms with Gasteiger partial charge in [-0.25, -0.2) is 13.2 Å². The highest BCUT2D eigenvalue weighted by Gasteiger charge is 2.42. The second-order valence-corrected chi connectivity index (χ2v) is 17.1. The second kappa shape index (κ2) is 19.3. The van der Waals surface area contributed by atoms with Gasteiger partial charge in [0.1, 0.15) is 12.4 Å².